The van der Waals surface area contributed by atoms with Crippen molar-refractivity contribution in [2.45, 2.75) is 6.92 Å². The SMILES string of the molecule is Cc1ccc(Nc2ccc(N3CCN(C(=O)c4cc(-c5ccc(F)cc5)nn4C)CC3)nn2)nc1. The fraction of sp³-hybridized carbons (Fsp3) is 0.240. The van der Waals surface area contributed by atoms with Gasteiger partial charge in [0.05, 0.1) is 5.69 Å². The minimum atomic E-state index is -0.308. The Morgan fingerprint density at radius 1 is 0.943 bits per heavy atom. The first-order chi connectivity index (χ1) is 17.0. The highest BCUT2D eigenvalue weighted by Crippen LogP contribution is 2.21. The lowest BCUT2D eigenvalue weighted by Crippen LogP contribution is -2.49. The van der Waals surface area contributed by atoms with Crippen molar-refractivity contribution in [3.8, 4) is 11.3 Å². The van der Waals surface area contributed by atoms with Gasteiger partial charge in [0.15, 0.2) is 11.6 Å². The Kier molecular flexibility index (Phi) is 6.09. The molecule has 1 amide bonds. The van der Waals surface area contributed by atoms with Crippen LogP contribution in [0.2, 0.25) is 0 Å². The average molecular weight is 473 g/mol. The van der Waals surface area contributed by atoms with Gasteiger partial charge in [0.2, 0.25) is 0 Å². The number of pyridine rings is 1. The Labute approximate surface area is 202 Å². The van der Waals surface area contributed by atoms with Gasteiger partial charge < -0.3 is 15.1 Å². The molecule has 3 aromatic heterocycles. The largest absolute Gasteiger partial charge is 0.352 e. The van der Waals surface area contributed by atoms with Gasteiger partial charge in [-0.2, -0.15) is 5.10 Å². The summed E-state index contributed by atoms with van der Waals surface area (Å²) >= 11 is 0. The molecule has 0 spiro atoms. The third kappa shape index (κ3) is 4.96. The van der Waals surface area contributed by atoms with Crippen molar-refractivity contribution >= 4 is 23.4 Å². The van der Waals surface area contributed by atoms with Crippen molar-refractivity contribution < 1.29 is 9.18 Å². The van der Waals surface area contributed by atoms with Crippen LogP contribution in [-0.4, -0.2) is 61.9 Å². The minimum absolute atomic E-state index is 0.0794. The molecule has 4 aromatic rings. The minimum Gasteiger partial charge on any atom is -0.352 e. The van der Waals surface area contributed by atoms with Crippen LogP contribution in [-0.2, 0) is 7.05 Å². The first-order valence-corrected chi connectivity index (χ1v) is 11.3. The van der Waals surface area contributed by atoms with Crippen LogP contribution in [0.3, 0.4) is 0 Å². The van der Waals surface area contributed by atoms with E-state index in [1.54, 1.807) is 36.1 Å². The second kappa shape index (κ2) is 9.49. The standard InChI is InChI=1S/C25H25FN8O/c1-17-3-8-22(27-16-17)28-23-9-10-24(30-29-23)33-11-13-34(14-12-33)25(35)21-15-20(31-32(21)2)18-4-6-19(26)7-5-18/h3-10,15-16H,11-14H2,1-2H3,(H,27,28,29). The number of carbonyl (C=O) groups excluding carboxylic acids is 1. The maximum absolute atomic E-state index is 13.2. The molecule has 5 rings (SSSR count). The maximum atomic E-state index is 13.2. The lowest BCUT2D eigenvalue weighted by Gasteiger charge is -2.35. The van der Waals surface area contributed by atoms with E-state index in [4.69, 9.17) is 0 Å². The molecule has 4 heterocycles. The summed E-state index contributed by atoms with van der Waals surface area (Å²) in [6, 6.07) is 15.5. The highest BCUT2D eigenvalue weighted by atomic mass is 19.1. The van der Waals surface area contributed by atoms with E-state index >= 15 is 0 Å². The Morgan fingerprint density at radius 2 is 1.69 bits per heavy atom. The highest BCUT2D eigenvalue weighted by molar-refractivity contribution is 5.94. The number of nitrogens with one attached hydrogen (secondary N) is 1. The lowest BCUT2D eigenvalue weighted by molar-refractivity contribution is 0.0735. The van der Waals surface area contributed by atoms with Crippen LogP contribution in [0.15, 0.2) is 60.8 Å². The van der Waals surface area contributed by atoms with Gasteiger partial charge in [-0.3, -0.25) is 9.48 Å². The van der Waals surface area contributed by atoms with Crippen LogP contribution in [0.4, 0.5) is 21.8 Å². The zero-order chi connectivity index (χ0) is 24.4. The highest BCUT2D eigenvalue weighted by Gasteiger charge is 2.25. The van der Waals surface area contributed by atoms with Gasteiger partial charge >= 0.3 is 0 Å². The first-order valence-electron chi connectivity index (χ1n) is 11.3. The third-order valence-electron chi connectivity index (χ3n) is 5.95. The van der Waals surface area contributed by atoms with Crippen molar-refractivity contribution in [3.05, 3.63) is 77.9 Å². The smallest absolute Gasteiger partial charge is 0.272 e. The molecule has 1 saturated heterocycles. The third-order valence-corrected chi connectivity index (χ3v) is 5.95. The summed E-state index contributed by atoms with van der Waals surface area (Å²) in [5.74, 6) is 1.70. The fourth-order valence-corrected chi connectivity index (χ4v) is 3.96. The Hall–Kier alpha value is -4.34. The second-order valence-electron chi connectivity index (χ2n) is 8.45. The molecular formula is C25H25FN8O. The van der Waals surface area contributed by atoms with Gasteiger partial charge in [-0.15, -0.1) is 10.2 Å². The van der Waals surface area contributed by atoms with Crippen molar-refractivity contribution in [1.29, 1.82) is 0 Å². The summed E-state index contributed by atoms with van der Waals surface area (Å²) in [7, 11) is 1.74. The maximum Gasteiger partial charge on any atom is 0.272 e. The van der Waals surface area contributed by atoms with E-state index in [9.17, 15) is 9.18 Å². The lowest BCUT2D eigenvalue weighted by atomic mass is 10.1. The number of benzene rings is 1. The van der Waals surface area contributed by atoms with E-state index < -0.39 is 0 Å². The van der Waals surface area contributed by atoms with E-state index in [0.717, 1.165) is 16.9 Å². The van der Waals surface area contributed by atoms with Gasteiger partial charge in [-0.25, -0.2) is 9.37 Å². The number of piperazine rings is 1. The van der Waals surface area contributed by atoms with Gasteiger partial charge in [0, 0.05) is 45.0 Å². The number of hydrogen-bond donors (Lipinski definition) is 1. The molecule has 1 fully saturated rings. The Balaban J connectivity index is 1.20. The number of carbonyl (C=O) groups is 1. The van der Waals surface area contributed by atoms with Gasteiger partial charge in [-0.1, -0.05) is 6.07 Å². The normalized spacial score (nSPS) is 13.7. The van der Waals surface area contributed by atoms with Crippen molar-refractivity contribution in [2.24, 2.45) is 7.05 Å². The summed E-state index contributed by atoms with van der Waals surface area (Å²) in [5, 5.41) is 16.2. The van der Waals surface area contributed by atoms with E-state index in [1.165, 1.54) is 12.1 Å². The topological polar surface area (TPSA) is 92.1 Å². The summed E-state index contributed by atoms with van der Waals surface area (Å²) in [6.45, 7) is 4.40. The summed E-state index contributed by atoms with van der Waals surface area (Å²) < 4.78 is 14.8. The van der Waals surface area contributed by atoms with Gasteiger partial charge in [0.1, 0.15) is 17.3 Å². The summed E-state index contributed by atoms with van der Waals surface area (Å²) in [5.41, 5.74) is 2.99. The van der Waals surface area contributed by atoms with Crippen LogP contribution < -0.4 is 10.2 Å². The number of halogens is 1. The quantitative estimate of drug-likeness (QED) is 0.476. The van der Waals surface area contributed by atoms with Gasteiger partial charge in [-0.05, 0) is 61.0 Å². The molecule has 1 aliphatic rings. The summed E-state index contributed by atoms with van der Waals surface area (Å²) in [6.07, 6.45) is 1.79. The van der Waals surface area contributed by atoms with Crippen LogP contribution in [0.5, 0.6) is 0 Å². The van der Waals surface area contributed by atoms with E-state index in [2.05, 4.69) is 30.5 Å². The number of aromatic nitrogens is 5. The zero-order valence-corrected chi connectivity index (χ0v) is 19.5. The van der Waals surface area contributed by atoms with Gasteiger partial charge in [0.25, 0.3) is 5.91 Å². The summed E-state index contributed by atoms with van der Waals surface area (Å²) in [4.78, 5) is 21.4. The molecule has 0 unspecified atom stereocenters. The van der Waals surface area contributed by atoms with E-state index in [1.807, 2.05) is 36.1 Å². The number of anilines is 3. The molecular weight excluding hydrogens is 447 g/mol. The number of nitrogens with zero attached hydrogens (tertiary/aromatic N) is 7. The van der Waals surface area contributed by atoms with Crippen molar-refractivity contribution in [2.75, 3.05) is 36.4 Å². The van der Waals surface area contributed by atoms with E-state index in [-0.39, 0.29) is 11.7 Å². The number of amides is 1. The van der Waals surface area contributed by atoms with Crippen molar-refractivity contribution in [3.63, 3.8) is 0 Å². The molecule has 0 saturated carbocycles. The molecule has 1 aliphatic heterocycles. The average Bonchev–Trinajstić information content (AvgIpc) is 3.27. The molecule has 35 heavy (non-hydrogen) atoms. The molecule has 1 N–H and O–H groups in total. The molecule has 10 heteroatoms. The molecule has 0 radical (unpaired) electrons. The zero-order valence-electron chi connectivity index (χ0n) is 19.5. The molecule has 178 valence electrons. The van der Waals surface area contributed by atoms with Crippen LogP contribution in [0.1, 0.15) is 16.1 Å². The number of aryl methyl sites for hydroxylation is 2. The fourth-order valence-electron chi connectivity index (χ4n) is 3.96. The predicted octanol–water partition coefficient (Wildman–Crippen LogP) is 3.43. The molecule has 0 aliphatic carbocycles. The first kappa shape index (κ1) is 22.5. The second-order valence-corrected chi connectivity index (χ2v) is 8.45. The van der Waals surface area contributed by atoms with Crippen molar-refractivity contribution in [1.82, 2.24) is 29.9 Å². The Morgan fingerprint density at radius 3 is 2.34 bits per heavy atom. The van der Waals surface area contributed by atoms with Crippen LogP contribution >= 0.6 is 0 Å². The molecule has 0 bridgehead atoms. The van der Waals surface area contributed by atoms with E-state index in [0.29, 0.717) is 49.2 Å². The number of rotatable bonds is 5. The predicted molar refractivity (Wildman–Crippen MR) is 131 cm³/mol. The molecule has 9 nitrogen and oxygen atoms in total. The molecule has 1 aromatic carbocycles. The monoisotopic (exact) mass is 472 g/mol. The Bertz CT molecular complexity index is 1310. The van der Waals surface area contributed by atoms with Crippen LogP contribution in [0, 0.1) is 12.7 Å². The van der Waals surface area contributed by atoms with Crippen LogP contribution in [0.25, 0.3) is 11.3 Å². The number of hydrogen-bond acceptors (Lipinski definition) is 7. The molecule has 0 atom stereocenters.